The van der Waals surface area contributed by atoms with Crippen LogP contribution in [0.4, 0.5) is 4.79 Å². The second-order valence-corrected chi connectivity index (χ2v) is 8.77. The molecular weight excluding hydrogens is 350 g/mol. The summed E-state index contributed by atoms with van der Waals surface area (Å²) in [4.78, 5) is 34.1. The average molecular weight is 382 g/mol. The van der Waals surface area contributed by atoms with Gasteiger partial charge in [0.1, 0.15) is 0 Å². The first-order valence-electron chi connectivity index (χ1n) is 9.33. The Morgan fingerprint density at radius 1 is 1.27 bits per heavy atom. The summed E-state index contributed by atoms with van der Waals surface area (Å²) in [5.74, 6) is 0.441. The van der Waals surface area contributed by atoms with E-state index in [4.69, 9.17) is 4.74 Å². The van der Waals surface area contributed by atoms with Crippen molar-refractivity contribution in [3.8, 4) is 0 Å². The monoisotopic (exact) mass is 381 g/mol. The lowest BCUT2D eigenvalue weighted by Crippen LogP contribution is -2.44. The molecule has 7 heteroatoms. The molecule has 2 rings (SSSR count). The van der Waals surface area contributed by atoms with Crippen molar-refractivity contribution < 1.29 is 14.3 Å². The minimum atomic E-state index is -0.262. The summed E-state index contributed by atoms with van der Waals surface area (Å²) in [6, 6.07) is 0.0164. The van der Waals surface area contributed by atoms with Gasteiger partial charge in [0, 0.05) is 30.9 Å². The first kappa shape index (κ1) is 20.7. The Morgan fingerprint density at radius 3 is 2.38 bits per heavy atom. The van der Waals surface area contributed by atoms with Gasteiger partial charge in [0.05, 0.1) is 23.4 Å². The van der Waals surface area contributed by atoms with E-state index in [0.717, 1.165) is 15.6 Å². The van der Waals surface area contributed by atoms with Crippen LogP contribution in [0.3, 0.4) is 0 Å². The van der Waals surface area contributed by atoms with Crippen LogP contribution in [-0.4, -0.2) is 53.5 Å². The van der Waals surface area contributed by atoms with E-state index in [0.29, 0.717) is 38.5 Å². The molecule has 1 saturated heterocycles. The molecular formula is C19H31N3O3S. The second-order valence-electron chi connectivity index (χ2n) is 7.54. The first-order chi connectivity index (χ1) is 12.2. The van der Waals surface area contributed by atoms with E-state index in [1.807, 2.05) is 39.6 Å². The lowest BCUT2D eigenvalue weighted by atomic mass is 9.95. The highest BCUT2D eigenvalue weighted by molar-refractivity contribution is 7.11. The lowest BCUT2D eigenvalue weighted by molar-refractivity contribution is -0.137. The number of likely N-dealkylation sites (tertiary alicyclic amines) is 1. The quantitative estimate of drug-likeness (QED) is 0.779. The SMILES string of the molecule is Cc1nc(C)c(C(C)N(C)C(=O)C2CCN(C(=O)OCC(C)C)CC2)s1. The molecule has 1 aliphatic rings. The number of ether oxygens (including phenoxy) is 1. The fourth-order valence-corrected chi connectivity index (χ4v) is 4.25. The molecule has 0 bridgehead atoms. The van der Waals surface area contributed by atoms with E-state index < -0.39 is 0 Å². The van der Waals surface area contributed by atoms with Gasteiger partial charge in [-0.2, -0.15) is 0 Å². The number of hydrogen-bond donors (Lipinski definition) is 0. The molecule has 1 aromatic heterocycles. The van der Waals surface area contributed by atoms with Crippen molar-refractivity contribution in [3.63, 3.8) is 0 Å². The van der Waals surface area contributed by atoms with Gasteiger partial charge in [0.25, 0.3) is 0 Å². The van der Waals surface area contributed by atoms with Gasteiger partial charge in [-0.25, -0.2) is 9.78 Å². The number of aromatic nitrogens is 1. The third-order valence-corrected chi connectivity index (χ3v) is 6.13. The molecule has 0 saturated carbocycles. The molecule has 0 radical (unpaired) electrons. The Labute approximate surface area is 160 Å². The number of carbonyl (C=O) groups excluding carboxylic acids is 2. The summed E-state index contributed by atoms with van der Waals surface area (Å²) in [6.45, 7) is 11.7. The summed E-state index contributed by atoms with van der Waals surface area (Å²) in [6.07, 6.45) is 1.11. The van der Waals surface area contributed by atoms with Crippen LogP contribution in [0.15, 0.2) is 0 Å². The number of amides is 2. The van der Waals surface area contributed by atoms with Crippen molar-refractivity contribution in [1.82, 2.24) is 14.8 Å². The minimum Gasteiger partial charge on any atom is -0.449 e. The molecule has 1 aromatic rings. The maximum Gasteiger partial charge on any atom is 0.409 e. The number of thiazole rings is 1. The number of nitrogens with zero attached hydrogens (tertiary/aromatic N) is 3. The summed E-state index contributed by atoms with van der Waals surface area (Å²) >= 11 is 1.65. The van der Waals surface area contributed by atoms with Gasteiger partial charge in [-0.1, -0.05) is 13.8 Å². The van der Waals surface area contributed by atoms with Crippen LogP contribution in [-0.2, 0) is 9.53 Å². The van der Waals surface area contributed by atoms with Crippen LogP contribution >= 0.6 is 11.3 Å². The molecule has 0 spiro atoms. The lowest BCUT2D eigenvalue weighted by Gasteiger charge is -2.34. The zero-order valence-electron chi connectivity index (χ0n) is 16.7. The van der Waals surface area contributed by atoms with Gasteiger partial charge in [0.2, 0.25) is 5.91 Å². The third kappa shape index (κ3) is 4.96. The number of piperidine rings is 1. The fraction of sp³-hybridized carbons (Fsp3) is 0.737. The van der Waals surface area contributed by atoms with E-state index in [9.17, 15) is 9.59 Å². The highest BCUT2D eigenvalue weighted by Crippen LogP contribution is 2.30. The fourth-order valence-electron chi connectivity index (χ4n) is 3.23. The molecule has 146 valence electrons. The van der Waals surface area contributed by atoms with Gasteiger partial charge in [-0.3, -0.25) is 4.79 Å². The van der Waals surface area contributed by atoms with E-state index >= 15 is 0 Å². The average Bonchev–Trinajstić information content (AvgIpc) is 2.96. The topological polar surface area (TPSA) is 62.7 Å². The van der Waals surface area contributed by atoms with Gasteiger partial charge in [-0.15, -0.1) is 11.3 Å². The number of carbonyl (C=O) groups is 2. The summed E-state index contributed by atoms with van der Waals surface area (Å²) < 4.78 is 5.28. The summed E-state index contributed by atoms with van der Waals surface area (Å²) in [7, 11) is 1.87. The van der Waals surface area contributed by atoms with Gasteiger partial charge >= 0.3 is 6.09 Å². The van der Waals surface area contributed by atoms with Crippen LogP contribution < -0.4 is 0 Å². The van der Waals surface area contributed by atoms with Gasteiger partial charge < -0.3 is 14.5 Å². The minimum absolute atomic E-state index is 0.0164. The van der Waals surface area contributed by atoms with E-state index in [-0.39, 0.29) is 24.0 Å². The number of aryl methyl sites for hydroxylation is 2. The van der Waals surface area contributed by atoms with Gasteiger partial charge in [0.15, 0.2) is 0 Å². The molecule has 1 fully saturated rings. The molecule has 2 heterocycles. The second kappa shape index (κ2) is 8.84. The summed E-state index contributed by atoms with van der Waals surface area (Å²) in [5.41, 5.74) is 1.00. The maximum atomic E-state index is 12.9. The van der Waals surface area contributed by atoms with E-state index in [1.165, 1.54) is 0 Å². The molecule has 0 aromatic carbocycles. The standard InChI is InChI=1S/C19H31N3O3S/c1-12(2)11-25-19(24)22-9-7-16(8-10-22)18(23)21(6)14(4)17-13(3)20-15(5)26-17/h12,14,16H,7-11H2,1-6H3. The normalized spacial score (nSPS) is 16.7. The van der Waals surface area contributed by atoms with Gasteiger partial charge in [-0.05, 0) is 39.5 Å². The largest absolute Gasteiger partial charge is 0.449 e. The third-order valence-electron chi connectivity index (χ3n) is 4.89. The number of hydrogen-bond acceptors (Lipinski definition) is 5. The molecule has 26 heavy (non-hydrogen) atoms. The van der Waals surface area contributed by atoms with Crippen molar-refractivity contribution in [1.29, 1.82) is 0 Å². The maximum absolute atomic E-state index is 12.9. The van der Waals surface area contributed by atoms with Crippen LogP contribution in [0.5, 0.6) is 0 Å². The Hall–Kier alpha value is -1.63. The Kier molecular flexibility index (Phi) is 7.03. The molecule has 2 amide bonds. The molecule has 0 aliphatic carbocycles. The van der Waals surface area contributed by atoms with Crippen LogP contribution in [0.1, 0.15) is 55.2 Å². The Morgan fingerprint density at radius 2 is 1.88 bits per heavy atom. The molecule has 1 atom stereocenters. The summed E-state index contributed by atoms with van der Waals surface area (Å²) in [5, 5.41) is 1.03. The first-order valence-corrected chi connectivity index (χ1v) is 10.1. The van der Waals surface area contributed by atoms with Crippen LogP contribution in [0, 0.1) is 25.7 Å². The zero-order valence-corrected chi connectivity index (χ0v) is 17.6. The predicted molar refractivity (Wildman–Crippen MR) is 103 cm³/mol. The molecule has 6 nitrogen and oxygen atoms in total. The van der Waals surface area contributed by atoms with Crippen molar-refractivity contribution >= 4 is 23.3 Å². The van der Waals surface area contributed by atoms with Crippen molar-refractivity contribution in [2.45, 2.75) is 53.5 Å². The predicted octanol–water partition coefficient (Wildman–Crippen LogP) is 3.78. The molecule has 1 aliphatic heterocycles. The van der Waals surface area contributed by atoms with E-state index in [1.54, 1.807) is 16.2 Å². The zero-order chi connectivity index (χ0) is 19.4. The highest BCUT2D eigenvalue weighted by Gasteiger charge is 2.32. The van der Waals surface area contributed by atoms with Crippen molar-refractivity contribution in [2.75, 3.05) is 26.7 Å². The van der Waals surface area contributed by atoms with Crippen LogP contribution in [0.25, 0.3) is 0 Å². The van der Waals surface area contributed by atoms with E-state index in [2.05, 4.69) is 11.9 Å². The Bertz CT molecular complexity index is 636. The smallest absolute Gasteiger partial charge is 0.409 e. The molecule has 0 N–H and O–H groups in total. The Balaban J connectivity index is 1.89. The molecule has 1 unspecified atom stereocenters. The number of rotatable bonds is 5. The van der Waals surface area contributed by atoms with Crippen molar-refractivity contribution in [2.24, 2.45) is 11.8 Å². The van der Waals surface area contributed by atoms with Crippen molar-refractivity contribution in [3.05, 3.63) is 15.6 Å². The van der Waals surface area contributed by atoms with Crippen LogP contribution in [0.2, 0.25) is 0 Å². The highest BCUT2D eigenvalue weighted by atomic mass is 32.1.